The van der Waals surface area contributed by atoms with Crippen molar-refractivity contribution in [2.75, 3.05) is 46.8 Å². The summed E-state index contributed by atoms with van der Waals surface area (Å²) in [6.45, 7) is 12.5. The normalized spacial score (nSPS) is 17.3. The topological polar surface area (TPSA) is 60.7 Å². The maximum atomic E-state index is 4.64. The highest BCUT2D eigenvalue weighted by Crippen LogP contribution is 2.16. The van der Waals surface area contributed by atoms with Crippen molar-refractivity contribution in [2.24, 2.45) is 4.99 Å². The van der Waals surface area contributed by atoms with Crippen molar-refractivity contribution in [3.8, 4) is 5.69 Å². The van der Waals surface area contributed by atoms with Gasteiger partial charge in [0.2, 0.25) is 0 Å². The number of guanidine groups is 1. The van der Waals surface area contributed by atoms with Crippen molar-refractivity contribution in [3.05, 3.63) is 47.3 Å². The number of hydrogen-bond acceptors (Lipinski definition) is 4. The van der Waals surface area contributed by atoms with Crippen LogP contribution in [0.15, 0.2) is 35.3 Å². The molecule has 3 rings (SSSR count). The molecule has 29 heavy (non-hydrogen) atoms. The number of nitrogens with zero attached hydrogens (tertiary/aromatic N) is 5. The Bertz CT molecular complexity index is 818. The van der Waals surface area contributed by atoms with E-state index >= 15 is 0 Å². The van der Waals surface area contributed by atoms with Crippen molar-refractivity contribution in [1.82, 2.24) is 30.2 Å². The molecule has 158 valence electrons. The first-order chi connectivity index (χ1) is 14.0. The van der Waals surface area contributed by atoms with Gasteiger partial charge in [0.15, 0.2) is 5.96 Å². The second-order valence-corrected chi connectivity index (χ2v) is 7.96. The van der Waals surface area contributed by atoms with Crippen LogP contribution >= 0.6 is 0 Å². The summed E-state index contributed by atoms with van der Waals surface area (Å²) in [5.41, 5.74) is 4.46. The maximum Gasteiger partial charge on any atom is 0.191 e. The number of aliphatic imine (C=N–C) groups is 1. The van der Waals surface area contributed by atoms with Gasteiger partial charge in [-0.25, -0.2) is 4.68 Å². The van der Waals surface area contributed by atoms with E-state index in [-0.39, 0.29) is 0 Å². The van der Waals surface area contributed by atoms with Gasteiger partial charge in [-0.15, -0.1) is 0 Å². The smallest absolute Gasteiger partial charge is 0.191 e. The van der Waals surface area contributed by atoms with Crippen LogP contribution in [-0.4, -0.2) is 78.4 Å². The zero-order valence-corrected chi connectivity index (χ0v) is 18.4. The lowest BCUT2D eigenvalue weighted by Gasteiger charge is -2.36. The van der Waals surface area contributed by atoms with E-state index in [4.69, 9.17) is 0 Å². The molecular formula is C22H35N7. The predicted octanol–water partition coefficient (Wildman–Crippen LogP) is 1.79. The fraction of sp³-hybridized carbons (Fsp3) is 0.545. The summed E-state index contributed by atoms with van der Waals surface area (Å²) in [4.78, 5) is 9.33. The van der Waals surface area contributed by atoms with Crippen molar-refractivity contribution in [2.45, 2.75) is 33.4 Å². The molecule has 1 fully saturated rings. The Labute approximate surface area is 174 Å². The third kappa shape index (κ3) is 5.58. The second kappa shape index (κ2) is 9.89. The molecule has 1 atom stereocenters. The van der Waals surface area contributed by atoms with Crippen LogP contribution in [0.5, 0.6) is 0 Å². The van der Waals surface area contributed by atoms with Gasteiger partial charge in [-0.05, 0) is 45.5 Å². The fourth-order valence-electron chi connectivity index (χ4n) is 3.78. The molecule has 1 aromatic heterocycles. The molecule has 1 aromatic carbocycles. The van der Waals surface area contributed by atoms with Crippen molar-refractivity contribution in [1.29, 1.82) is 0 Å². The van der Waals surface area contributed by atoms with E-state index in [1.165, 1.54) is 5.56 Å². The molecule has 7 nitrogen and oxygen atoms in total. The SMILES string of the molecule is CN=C(NCc1ccccc1-n1nc(C)cc1C)NCC(C)N1CCN(C)CC1. The highest BCUT2D eigenvalue weighted by atomic mass is 15.3. The highest BCUT2D eigenvalue weighted by Gasteiger charge is 2.19. The Morgan fingerprint density at radius 3 is 2.52 bits per heavy atom. The number of aromatic nitrogens is 2. The van der Waals surface area contributed by atoms with E-state index < -0.39 is 0 Å². The molecule has 2 heterocycles. The van der Waals surface area contributed by atoms with Crippen LogP contribution in [0.2, 0.25) is 0 Å². The molecule has 1 saturated heterocycles. The number of nitrogens with one attached hydrogen (secondary N) is 2. The lowest BCUT2D eigenvalue weighted by Crippen LogP contribution is -2.52. The molecule has 1 aliphatic rings. The van der Waals surface area contributed by atoms with Gasteiger partial charge in [0, 0.05) is 58.1 Å². The molecule has 0 bridgehead atoms. The fourth-order valence-corrected chi connectivity index (χ4v) is 3.78. The summed E-state index contributed by atoms with van der Waals surface area (Å²) in [6, 6.07) is 11.0. The summed E-state index contributed by atoms with van der Waals surface area (Å²) < 4.78 is 2.01. The number of likely N-dealkylation sites (N-methyl/N-ethyl adjacent to an activating group) is 1. The van der Waals surface area contributed by atoms with Crippen molar-refractivity contribution < 1.29 is 0 Å². The zero-order valence-electron chi connectivity index (χ0n) is 18.4. The minimum Gasteiger partial charge on any atom is -0.355 e. The molecule has 0 radical (unpaired) electrons. The highest BCUT2D eigenvalue weighted by molar-refractivity contribution is 5.79. The number of hydrogen-bond donors (Lipinski definition) is 2. The molecule has 0 aliphatic carbocycles. The Hall–Kier alpha value is -2.38. The van der Waals surface area contributed by atoms with Crippen LogP contribution in [0, 0.1) is 13.8 Å². The van der Waals surface area contributed by atoms with E-state index in [0.29, 0.717) is 12.6 Å². The molecular weight excluding hydrogens is 362 g/mol. The number of benzene rings is 1. The van der Waals surface area contributed by atoms with Gasteiger partial charge in [0.05, 0.1) is 11.4 Å². The standard InChI is InChI=1S/C22H35N7/c1-17-14-18(2)29(26-17)21-9-7-6-8-20(21)16-25-22(23-4)24-15-19(3)28-12-10-27(5)11-13-28/h6-9,14,19H,10-13,15-16H2,1-5H3,(H2,23,24,25). The first-order valence-corrected chi connectivity index (χ1v) is 10.5. The first-order valence-electron chi connectivity index (χ1n) is 10.5. The van der Waals surface area contributed by atoms with Gasteiger partial charge in [-0.2, -0.15) is 5.10 Å². The maximum absolute atomic E-state index is 4.64. The number of piperazine rings is 1. The van der Waals surface area contributed by atoms with Gasteiger partial charge < -0.3 is 15.5 Å². The van der Waals surface area contributed by atoms with Crippen molar-refractivity contribution >= 4 is 5.96 Å². The average Bonchev–Trinajstić information content (AvgIpc) is 3.06. The van der Waals surface area contributed by atoms with E-state index in [1.54, 1.807) is 0 Å². The third-order valence-electron chi connectivity index (χ3n) is 5.63. The van der Waals surface area contributed by atoms with Gasteiger partial charge in [-0.1, -0.05) is 18.2 Å². The van der Waals surface area contributed by atoms with E-state index in [2.05, 4.69) is 81.8 Å². The average molecular weight is 398 g/mol. The molecule has 1 unspecified atom stereocenters. The van der Waals surface area contributed by atoms with Crippen LogP contribution in [-0.2, 0) is 6.54 Å². The summed E-state index contributed by atoms with van der Waals surface area (Å²) in [5, 5.41) is 11.6. The minimum atomic E-state index is 0.476. The number of para-hydroxylation sites is 1. The molecule has 0 amide bonds. The monoisotopic (exact) mass is 397 g/mol. The Balaban J connectivity index is 1.57. The van der Waals surface area contributed by atoms with E-state index in [1.807, 2.05) is 18.7 Å². The molecule has 1 aliphatic heterocycles. The van der Waals surface area contributed by atoms with Crippen LogP contribution in [0.1, 0.15) is 23.9 Å². The number of aryl methyl sites for hydroxylation is 2. The van der Waals surface area contributed by atoms with Crippen LogP contribution in [0.3, 0.4) is 0 Å². The van der Waals surface area contributed by atoms with Crippen molar-refractivity contribution in [3.63, 3.8) is 0 Å². The molecule has 2 N–H and O–H groups in total. The lowest BCUT2D eigenvalue weighted by molar-refractivity contribution is 0.120. The predicted molar refractivity (Wildman–Crippen MR) is 120 cm³/mol. The van der Waals surface area contributed by atoms with Gasteiger partial charge in [0.1, 0.15) is 0 Å². The second-order valence-electron chi connectivity index (χ2n) is 7.96. The zero-order chi connectivity index (χ0) is 20.8. The first kappa shape index (κ1) is 21.3. The Morgan fingerprint density at radius 1 is 1.14 bits per heavy atom. The quantitative estimate of drug-likeness (QED) is 0.575. The molecule has 7 heteroatoms. The summed E-state index contributed by atoms with van der Waals surface area (Å²) in [5.74, 6) is 0.828. The van der Waals surface area contributed by atoms with Gasteiger partial charge in [0.25, 0.3) is 0 Å². The van der Waals surface area contributed by atoms with Crippen LogP contribution in [0.4, 0.5) is 0 Å². The molecule has 0 saturated carbocycles. The Morgan fingerprint density at radius 2 is 1.86 bits per heavy atom. The minimum absolute atomic E-state index is 0.476. The number of rotatable bonds is 6. The summed E-state index contributed by atoms with van der Waals surface area (Å²) in [6.07, 6.45) is 0. The van der Waals surface area contributed by atoms with Crippen LogP contribution in [0.25, 0.3) is 5.69 Å². The summed E-state index contributed by atoms with van der Waals surface area (Å²) in [7, 11) is 4.01. The van der Waals surface area contributed by atoms with E-state index in [0.717, 1.165) is 55.8 Å². The van der Waals surface area contributed by atoms with Gasteiger partial charge >= 0.3 is 0 Å². The Kier molecular flexibility index (Phi) is 7.28. The largest absolute Gasteiger partial charge is 0.355 e. The molecule has 2 aromatic rings. The van der Waals surface area contributed by atoms with Gasteiger partial charge in [-0.3, -0.25) is 9.89 Å². The van der Waals surface area contributed by atoms with E-state index in [9.17, 15) is 0 Å². The lowest BCUT2D eigenvalue weighted by atomic mass is 10.1. The van der Waals surface area contributed by atoms with Crippen LogP contribution < -0.4 is 10.6 Å². The third-order valence-corrected chi connectivity index (χ3v) is 5.63. The molecule has 0 spiro atoms. The summed E-state index contributed by atoms with van der Waals surface area (Å²) >= 11 is 0.